The minimum absolute atomic E-state index is 0.726. The number of rotatable bonds is 11. The molecule has 2 atom stereocenters. The van der Waals surface area contributed by atoms with Crippen molar-refractivity contribution in [2.24, 2.45) is 11.8 Å². The molecule has 180 valence electrons. The zero-order chi connectivity index (χ0) is 23.7. The van der Waals surface area contributed by atoms with Crippen LogP contribution in [0.25, 0.3) is 41.0 Å². The van der Waals surface area contributed by atoms with Crippen molar-refractivity contribution >= 4 is 92.9 Å². The summed E-state index contributed by atoms with van der Waals surface area (Å²) in [4.78, 5) is 2.73. The van der Waals surface area contributed by atoms with Gasteiger partial charge in [-0.2, -0.15) is 8.75 Å². The highest BCUT2D eigenvalue weighted by atomic mass is 79.9. The molecule has 0 aliphatic carbocycles. The lowest BCUT2D eigenvalue weighted by Crippen LogP contribution is -2.10. The molecule has 0 spiro atoms. The Kier molecular flexibility index (Phi) is 8.06. The minimum Gasteiger partial charge on any atom is -0.172 e. The number of hydrogen-bond donors (Lipinski definition) is 0. The molecule has 5 rings (SSSR count). The predicted octanol–water partition coefficient (Wildman–Crippen LogP) is 11.2. The summed E-state index contributed by atoms with van der Waals surface area (Å²) in [5, 5.41) is 4.85. The van der Waals surface area contributed by atoms with Crippen LogP contribution < -0.4 is 0 Å². The Morgan fingerprint density at radius 1 is 0.824 bits per heavy atom. The van der Waals surface area contributed by atoms with Crippen LogP contribution >= 0.6 is 61.7 Å². The van der Waals surface area contributed by atoms with Crippen molar-refractivity contribution < 1.29 is 0 Å². The van der Waals surface area contributed by atoms with Crippen LogP contribution in [0.15, 0.2) is 27.4 Å². The lowest BCUT2D eigenvalue weighted by molar-refractivity contribution is 0.349. The Labute approximate surface area is 226 Å². The van der Waals surface area contributed by atoms with Gasteiger partial charge in [-0.25, -0.2) is 0 Å². The van der Waals surface area contributed by atoms with Gasteiger partial charge in [0, 0.05) is 20.5 Å². The van der Waals surface area contributed by atoms with Gasteiger partial charge in [-0.3, -0.25) is 0 Å². The molecule has 0 fully saturated rings. The van der Waals surface area contributed by atoms with Crippen LogP contribution in [-0.2, 0) is 6.42 Å². The van der Waals surface area contributed by atoms with Gasteiger partial charge in [0.2, 0.25) is 0 Å². The van der Waals surface area contributed by atoms with Crippen LogP contribution in [0.2, 0.25) is 0 Å². The first-order valence-electron chi connectivity index (χ1n) is 12.4. The summed E-state index contributed by atoms with van der Waals surface area (Å²) < 4.78 is 13.1. The molecule has 5 aromatic rings. The van der Waals surface area contributed by atoms with Gasteiger partial charge in [-0.15, -0.1) is 34.0 Å². The van der Waals surface area contributed by atoms with Crippen molar-refractivity contribution in [2.75, 3.05) is 0 Å². The van der Waals surface area contributed by atoms with Gasteiger partial charge in [0.25, 0.3) is 0 Å². The summed E-state index contributed by atoms with van der Waals surface area (Å²) in [7, 11) is 0. The molecule has 0 bridgehead atoms. The Hall–Kier alpha value is -0.860. The van der Waals surface area contributed by atoms with E-state index in [4.69, 9.17) is 0 Å². The quantitative estimate of drug-likeness (QED) is 0.143. The monoisotopic (exact) mass is 590 g/mol. The zero-order valence-electron chi connectivity index (χ0n) is 20.0. The average molecular weight is 592 g/mol. The van der Waals surface area contributed by atoms with Gasteiger partial charge in [0.05, 0.1) is 24.9 Å². The van der Waals surface area contributed by atoms with Crippen LogP contribution in [0.3, 0.4) is 0 Å². The smallest absolute Gasteiger partial charge is 0.114 e. The molecule has 0 aliphatic rings. The van der Waals surface area contributed by atoms with Gasteiger partial charge in [-0.1, -0.05) is 65.7 Å². The number of unbranched alkanes of at least 4 members (excludes halogenated alkanes) is 5. The van der Waals surface area contributed by atoms with Crippen LogP contribution in [0.1, 0.15) is 71.3 Å². The molecule has 1 aromatic carbocycles. The molecule has 7 heteroatoms. The summed E-state index contributed by atoms with van der Waals surface area (Å²) in [5.74, 6) is 1.51. The fourth-order valence-corrected chi connectivity index (χ4v) is 9.33. The van der Waals surface area contributed by atoms with Crippen molar-refractivity contribution in [2.45, 2.75) is 72.1 Å². The number of fused-ring (bicyclic) bond motifs is 6. The first-order chi connectivity index (χ1) is 16.5. The van der Waals surface area contributed by atoms with Crippen LogP contribution in [-0.4, -0.2) is 8.75 Å². The molecule has 2 nitrogen and oxygen atoms in total. The van der Waals surface area contributed by atoms with E-state index in [1.165, 1.54) is 98.6 Å². The fourth-order valence-electron chi connectivity index (χ4n) is 4.82. The molecular weight excluding hydrogens is 560 g/mol. The molecule has 0 aliphatic heterocycles. The lowest BCUT2D eigenvalue weighted by Gasteiger charge is -2.19. The molecule has 2 unspecified atom stereocenters. The standard InChI is InChI=1S/C27H31BrN2S4/c1-4-5-6-7-8-9-10-16(2)17(3)11-18-12-21(31-15-18)22-13-19-24-25(30-34-29-24)20-14-23(28)33-27(20)26(19)32-22/h12-17H,4-11H2,1-3H3. The summed E-state index contributed by atoms with van der Waals surface area (Å²) in [6.07, 6.45) is 10.9. The summed E-state index contributed by atoms with van der Waals surface area (Å²) in [5.41, 5.74) is 3.58. The van der Waals surface area contributed by atoms with E-state index >= 15 is 0 Å². The van der Waals surface area contributed by atoms with Crippen molar-refractivity contribution in [3.63, 3.8) is 0 Å². The molecule has 4 heterocycles. The number of halogens is 1. The third-order valence-corrected chi connectivity index (χ3v) is 11.7. The SMILES string of the molecule is CCCCCCCCC(C)C(C)Cc1csc(-c2cc3c4nsnc4c4cc(Br)sc4c3s2)c1. The van der Waals surface area contributed by atoms with E-state index in [1.54, 1.807) is 11.3 Å². The van der Waals surface area contributed by atoms with E-state index in [1.807, 2.05) is 22.7 Å². The van der Waals surface area contributed by atoms with E-state index in [0.717, 1.165) is 26.7 Å². The summed E-state index contributed by atoms with van der Waals surface area (Å²) in [6, 6.07) is 6.97. The van der Waals surface area contributed by atoms with Crippen molar-refractivity contribution in [1.82, 2.24) is 8.75 Å². The predicted molar refractivity (Wildman–Crippen MR) is 159 cm³/mol. The van der Waals surface area contributed by atoms with Crippen LogP contribution in [0, 0.1) is 11.8 Å². The topological polar surface area (TPSA) is 25.8 Å². The maximum atomic E-state index is 4.65. The summed E-state index contributed by atoms with van der Waals surface area (Å²) >= 11 is 10.6. The Bertz CT molecular complexity index is 1390. The highest BCUT2D eigenvalue weighted by Gasteiger charge is 2.19. The minimum atomic E-state index is 0.726. The maximum absolute atomic E-state index is 4.65. The van der Waals surface area contributed by atoms with E-state index in [-0.39, 0.29) is 0 Å². The highest BCUT2D eigenvalue weighted by Crippen LogP contribution is 2.47. The largest absolute Gasteiger partial charge is 0.172 e. The number of hydrogen-bond acceptors (Lipinski definition) is 6. The second-order valence-corrected chi connectivity index (χ2v) is 14.6. The average Bonchev–Trinajstić information content (AvgIpc) is 3.60. The van der Waals surface area contributed by atoms with Crippen molar-refractivity contribution in [3.05, 3.63) is 32.9 Å². The van der Waals surface area contributed by atoms with Gasteiger partial charge < -0.3 is 0 Å². The third-order valence-electron chi connectivity index (χ3n) is 7.08. The molecular formula is C27H31BrN2S4. The van der Waals surface area contributed by atoms with E-state index < -0.39 is 0 Å². The Balaban J connectivity index is 1.30. The van der Waals surface area contributed by atoms with E-state index in [0.29, 0.717) is 0 Å². The number of thiophene rings is 3. The zero-order valence-corrected chi connectivity index (χ0v) is 24.9. The van der Waals surface area contributed by atoms with Gasteiger partial charge in [-0.05, 0) is 63.3 Å². The van der Waals surface area contributed by atoms with Gasteiger partial charge in [0.15, 0.2) is 0 Å². The van der Waals surface area contributed by atoms with Gasteiger partial charge in [0.1, 0.15) is 11.0 Å². The van der Waals surface area contributed by atoms with Crippen LogP contribution in [0.5, 0.6) is 0 Å². The number of benzene rings is 1. The molecule has 34 heavy (non-hydrogen) atoms. The van der Waals surface area contributed by atoms with Gasteiger partial charge >= 0.3 is 0 Å². The molecule has 0 radical (unpaired) electrons. The molecule has 0 N–H and O–H groups in total. The third kappa shape index (κ3) is 5.15. The second kappa shape index (κ2) is 11.0. The Morgan fingerprint density at radius 2 is 1.53 bits per heavy atom. The Morgan fingerprint density at radius 3 is 2.32 bits per heavy atom. The van der Waals surface area contributed by atoms with E-state index in [2.05, 4.69) is 69.0 Å². The molecule has 0 saturated carbocycles. The maximum Gasteiger partial charge on any atom is 0.114 e. The van der Waals surface area contributed by atoms with Crippen LogP contribution in [0.4, 0.5) is 0 Å². The molecule has 4 aromatic heterocycles. The van der Waals surface area contributed by atoms with E-state index in [9.17, 15) is 0 Å². The highest BCUT2D eigenvalue weighted by molar-refractivity contribution is 9.11. The lowest BCUT2D eigenvalue weighted by atomic mass is 9.86. The molecule has 0 amide bonds. The molecule has 0 saturated heterocycles. The first-order valence-corrected chi connectivity index (χ1v) is 16.4. The fraction of sp³-hybridized carbons (Fsp3) is 0.481. The second-order valence-electron chi connectivity index (χ2n) is 9.64. The van der Waals surface area contributed by atoms with Crippen molar-refractivity contribution in [1.29, 1.82) is 0 Å². The summed E-state index contributed by atoms with van der Waals surface area (Å²) in [6.45, 7) is 7.18. The number of aromatic nitrogens is 2. The number of nitrogens with zero attached hydrogens (tertiary/aromatic N) is 2. The van der Waals surface area contributed by atoms with Crippen molar-refractivity contribution in [3.8, 4) is 9.75 Å². The normalized spacial score (nSPS) is 14.0. The first kappa shape index (κ1) is 24.8.